The van der Waals surface area contributed by atoms with E-state index in [1.165, 1.54) is 11.8 Å². The zero-order chi connectivity index (χ0) is 19.2. The molecular weight excluding hydrogens is 365 g/mol. The second-order valence-electron chi connectivity index (χ2n) is 5.94. The van der Waals surface area contributed by atoms with E-state index in [0.717, 1.165) is 22.7 Å². The standard InChI is InChI=1S/C19H24N3O2PS/c1-13(15-7-5-6-8-16(15)25)22-18(20-3)26-19(2,12-23)14-9-10-21-17(11-14)24-4/h5-13H,25H2,1-4H3,(H,20,22). The van der Waals surface area contributed by atoms with Crippen molar-refractivity contribution < 1.29 is 9.53 Å². The maximum atomic E-state index is 11.9. The van der Waals surface area contributed by atoms with Crippen LogP contribution in [0.3, 0.4) is 0 Å². The first-order chi connectivity index (χ1) is 12.4. The maximum Gasteiger partial charge on any atom is 0.213 e. The molecule has 0 amide bonds. The molecule has 26 heavy (non-hydrogen) atoms. The van der Waals surface area contributed by atoms with Gasteiger partial charge < -0.3 is 14.8 Å². The van der Waals surface area contributed by atoms with Gasteiger partial charge in [-0.05, 0) is 36.3 Å². The van der Waals surface area contributed by atoms with Gasteiger partial charge in [0.1, 0.15) is 11.0 Å². The lowest BCUT2D eigenvalue weighted by Gasteiger charge is -2.26. The number of hydrogen-bond donors (Lipinski definition) is 1. The largest absolute Gasteiger partial charge is 0.481 e. The van der Waals surface area contributed by atoms with E-state index < -0.39 is 4.75 Å². The molecule has 138 valence electrons. The number of hydrogen-bond acceptors (Lipinski definition) is 5. The average molecular weight is 389 g/mol. The molecule has 3 atom stereocenters. The normalized spacial score (nSPS) is 15.0. The van der Waals surface area contributed by atoms with Gasteiger partial charge in [-0.2, -0.15) is 0 Å². The summed E-state index contributed by atoms with van der Waals surface area (Å²) in [6.07, 6.45) is 2.56. The molecule has 0 radical (unpaired) electrons. The SMILES string of the molecule is CN=C(NC(C)c1ccccc1P)SC(C)(C=O)c1ccnc(OC)c1. The van der Waals surface area contributed by atoms with Crippen LogP contribution in [0.15, 0.2) is 47.6 Å². The van der Waals surface area contributed by atoms with Gasteiger partial charge in [-0.15, -0.1) is 9.24 Å². The Kier molecular flexibility index (Phi) is 7.18. The molecule has 1 N–H and O–H groups in total. The molecule has 0 aliphatic carbocycles. The minimum absolute atomic E-state index is 0.0535. The number of aliphatic imine (C=N–C) groups is 1. The van der Waals surface area contributed by atoms with E-state index in [-0.39, 0.29) is 6.04 Å². The van der Waals surface area contributed by atoms with Crippen molar-refractivity contribution in [1.29, 1.82) is 0 Å². The van der Waals surface area contributed by atoms with Gasteiger partial charge in [-0.1, -0.05) is 36.0 Å². The van der Waals surface area contributed by atoms with Crippen LogP contribution >= 0.6 is 21.0 Å². The van der Waals surface area contributed by atoms with Crippen LogP contribution in [-0.2, 0) is 9.54 Å². The summed E-state index contributed by atoms with van der Waals surface area (Å²) in [5, 5.41) is 5.23. The summed E-state index contributed by atoms with van der Waals surface area (Å²) < 4.78 is 4.37. The lowest BCUT2D eigenvalue weighted by atomic mass is 10.0. The molecule has 0 fully saturated rings. The van der Waals surface area contributed by atoms with Gasteiger partial charge >= 0.3 is 0 Å². The van der Waals surface area contributed by atoms with Crippen molar-refractivity contribution in [2.24, 2.45) is 4.99 Å². The molecule has 0 aliphatic rings. The van der Waals surface area contributed by atoms with E-state index in [4.69, 9.17) is 4.74 Å². The molecule has 2 aromatic rings. The highest BCUT2D eigenvalue weighted by molar-refractivity contribution is 8.15. The highest BCUT2D eigenvalue weighted by atomic mass is 32.2. The van der Waals surface area contributed by atoms with Crippen LogP contribution in [0.5, 0.6) is 5.88 Å². The molecule has 1 aromatic heterocycles. The highest BCUT2D eigenvalue weighted by Gasteiger charge is 2.30. The molecule has 1 heterocycles. The van der Waals surface area contributed by atoms with Crippen molar-refractivity contribution in [2.45, 2.75) is 24.6 Å². The molecule has 0 bridgehead atoms. The van der Waals surface area contributed by atoms with Crippen molar-refractivity contribution in [3.8, 4) is 5.88 Å². The van der Waals surface area contributed by atoms with Gasteiger partial charge in [-0.25, -0.2) is 4.98 Å². The second kappa shape index (κ2) is 9.15. The maximum absolute atomic E-state index is 11.9. The first-order valence-electron chi connectivity index (χ1n) is 8.17. The molecule has 0 spiro atoms. The third-order valence-corrected chi connectivity index (χ3v) is 5.83. The number of benzene rings is 1. The van der Waals surface area contributed by atoms with E-state index in [0.29, 0.717) is 11.0 Å². The van der Waals surface area contributed by atoms with E-state index in [2.05, 4.69) is 37.5 Å². The van der Waals surface area contributed by atoms with Crippen LogP contribution in [0.2, 0.25) is 0 Å². The molecule has 3 unspecified atom stereocenters. The molecule has 7 heteroatoms. The van der Waals surface area contributed by atoms with Crippen molar-refractivity contribution in [3.05, 3.63) is 53.7 Å². The fourth-order valence-electron chi connectivity index (χ4n) is 2.49. The van der Waals surface area contributed by atoms with Gasteiger partial charge in [0.15, 0.2) is 5.17 Å². The summed E-state index contributed by atoms with van der Waals surface area (Å²) in [6.45, 7) is 3.93. The Morgan fingerprint density at radius 2 is 2.15 bits per heavy atom. The van der Waals surface area contributed by atoms with Gasteiger partial charge in [0.25, 0.3) is 0 Å². The Bertz CT molecular complexity index is 800. The highest BCUT2D eigenvalue weighted by Crippen LogP contribution is 2.36. The number of amidine groups is 1. The molecule has 0 aliphatic heterocycles. The van der Waals surface area contributed by atoms with Crippen molar-refractivity contribution in [3.63, 3.8) is 0 Å². The topological polar surface area (TPSA) is 63.6 Å². The van der Waals surface area contributed by atoms with E-state index in [1.54, 1.807) is 26.4 Å². The zero-order valence-electron chi connectivity index (χ0n) is 15.4. The Balaban J connectivity index is 2.21. The molecule has 0 saturated carbocycles. The molecular formula is C19H24N3O2PS. The molecule has 1 aromatic carbocycles. The number of methoxy groups -OCH3 is 1. The monoisotopic (exact) mass is 389 g/mol. The van der Waals surface area contributed by atoms with Crippen molar-refractivity contribution >= 4 is 37.8 Å². The first-order valence-corrected chi connectivity index (χ1v) is 9.56. The molecule has 5 nitrogen and oxygen atoms in total. The number of carbonyl (C=O) groups is 1. The zero-order valence-corrected chi connectivity index (χ0v) is 17.4. The summed E-state index contributed by atoms with van der Waals surface area (Å²) >= 11 is 1.37. The number of rotatable bonds is 6. The van der Waals surface area contributed by atoms with Crippen LogP contribution in [0, 0.1) is 0 Å². The van der Waals surface area contributed by atoms with Gasteiger partial charge in [-0.3, -0.25) is 4.99 Å². The number of ether oxygens (including phenoxy) is 1. The number of carbonyl (C=O) groups excluding carboxylic acids is 1. The van der Waals surface area contributed by atoms with E-state index in [1.807, 2.05) is 31.2 Å². The van der Waals surface area contributed by atoms with Crippen molar-refractivity contribution in [1.82, 2.24) is 10.3 Å². The predicted molar refractivity (Wildman–Crippen MR) is 112 cm³/mol. The first kappa shape index (κ1) is 20.4. The van der Waals surface area contributed by atoms with Crippen LogP contribution in [0.25, 0.3) is 0 Å². The van der Waals surface area contributed by atoms with Gasteiger partial charge in [0, 0.05) is 19.3 Å². The third kappa shape index (κ3) is 4.83. The number of nitrogens with one attached hydrogen (secondary N) is 1. The van der Waals surface area contributed by atoms with Crippen LogP contribution in [-0.4, -0.2) is 30.6 Å². The average Bonchev–Trinajstić information content (AvgIpc) is 2.67. The van der Waals surface area contributed by atoms with Crippen LogP contribution in [0.4, 0.5) is 0 Å². The lowest BCUT2D eigenvalue weighted by molar-refractivity contribution is -0.109. The predicted octanol–water partition coefficient (Wildman–Crippen LogP) is 3.07. The quantitative estimate of drug-likeness (QED) is 0.356. The Hall–Kier alpha value is -1.91. The minimum atomic E-state index is -0.807. The van der Waals surface area contributed by atoms with Crippen molar-refractivity contribution in [2.75, 3.05) is 14.2 Å². The smallest absolute Gasteiger partial charge is 0.213 e. The van der Waals surface area contributed by atoms with E-state index >= 15 is 0 Å². The number of aldehydes is 1. The number of pyridine rings is 1. The third-order valence-electron chi connectivity index (χ3n) is 4.06. The van der Waals surface area contributed by atoms with E-state index in [9.17, 15) is 4.79 Å². The Labute approximate surface area is 161 Å². The van der Waals surface area contributed by atoms with Crippen LogP contribution in [0.1, 0.15) is 31.0 Å². The number of nitrogens with zero attached hydrogens (tertiary/aromatic N) is 2. The lowest BCUT2D eigenvalue weighted by Crippen LogP contribution is -2.31. The minimum Gasteiger partial charge on any atom is -0.481 e. The summed E-state index contributed by atoms with van der Waals surface area (Å²) in [5.41, 5.74) is 1.98. The fraction of sp³-hybridized carbons (Fsp3) is 0.316. The molecule has 0 saturated heterocycles. The van der Waals surface area contributed by atoms with Crippen LogP contribution < -0.4 is 15.4 Å². The number of thioether (sulfide) groups is 1. The second-order valence-corrected chi connectivity index (χ2v) is 8.00. The molecule has 2 rings (SSSR count). The summed E-state index contributed by atoms with van der Waals surface area (Å²) in [7, 11) is 6.02. The Morgan fingerprint density at radius 1 is 1.42 bits per heavy atom. The van der Waals surface area contributed by atoms with Gasteiger partial charge in [0.2, 0.25) is 5.88 Å². The Morgan fingerprint density at radius 3 is 2.77 bits per heavy atom. The summed E-state index contributed by atoms with van der Waals surface area (Å²) in [6, 6.07) is 11.8. The summed E-state index contributed by atoms with van der Waals surface area (Å²) in [5.74, 6) is 0.476. The fourth-order valence-corrected chi connectivity index (χ4v) is 3.97. The van der Waals surface area contributed by atoms with Gasteiger partial charge in [0.05, 0.1) is 13.2 Å². The summed E-state index contributed by atoms with van der Waals surface area (Å²) in [4.78, 5) is 20.4. The number of aromatic nitrogens is 1.